The molecule has 0 aliphatic carbocycles. The van der Waals surface area contributed by atoms with Gasteiger partial charge in [-0.1, -0.05) is 39.3 Å². The maximum absolute atomic E-state index is 8.76. The molecular weight excluding hydrogens is 170 g/mol. The number of hydrogen-bond acceptors (Lipinski definition) is 1. The molecule has 0 bridgehead atoms. The molecule has 0 unspecified atom stereocenters. The molecule has 68 valence electrons. The fourth-order valence-electron chi connectivity index (χ4n) is 0.847. The highest BCUT2D eigenvalue weighted by Crippen LogP contribution is 2.35. The number of nitrogens with zero attached hydrogens (tertiary/aromatic N) is 1. The number of halogens is 1. The van der Waals surface area contributed by atoms with Crippen molar-refractivity contribution >= 4 is 11.6 Å². The summed E-state index contributed by atoms with van der Waals surface area (Å²) in [7, 11) is 0. The molecule has 0 saturated carbocycles. The predicted molar refractivity (Wildman–Crippen MR) is 52.9 cm³/mol. The summed E-state index contributed by atoms with van der Waals surface area (Å²) in [6, 6.07) is 2.14. The minimum atomic E-state index is -0.0529. The van der Waals surface area contributed by atoms with E-state index in [4.69, 9.17) is 16.9 Å². The molecule has 0 aromatic carbocycles. The lowest BCUT2D eigenvalue weighted by Crippen LogP contribution is -2.11. The minimum Gasteiger partial charge on any atom is -0.193 e. The molecule has 0 fully saturated rings. The minimum absolute atomic E-state index is 0.0529. The molecular formula is C10H16ClN. The second kappa shape index (κ2) is 4.52. The van der Waals surface area contributed by atoms with E-state index in [1.807, 2.05) is 6.92 Å². The monoisotopic (exact) mass is 185 g/mol. The summed E-state index contributed by atoms with van der Waals surface area (Å²) >= 11 is 6.10. The first-order chi connectivity index (χ1) is 5.49. The summed E-state index contributed by atoms with van der Waals surface area (Å²) in [5.41, 5.74) is 0.659. The van der Waals surface area contributed by atoms with Gasteiger partial charge in [0.05, 0.1) is 6.07 Å². The van der Waals surface area contributed by atoms with E-state index >= 15 is 0 Å². The molecule has 2 heteroatoms. The molecule has 0 aliphatic rings. The Morgan fingerprint density at radius 1 is 1.42 bits per heavy atom. The Morgan fingerprint density at radius 2 is 1.92 bits per heavy atom. The van der Waals surface area contributed by atoms with Gasteiger partial charge in [0, 0.05) is 16.0 Å². The molecule has 0 rings (SSSR count). The number of nitriles is 1. The first kappa shape index (κ1) is 11.5. The van der Waals surface area contributed by atoms with Gasteiger partial charge in [-0.25, -0.2) is 0 Å². The molecule has 0 radical (unpaired) electrons. The van der Waals surface area contributed by atoms with E-state index in [2.05, 4.69) is 26.8 Å². The van der Waals surface area contributed by atoms with E-state index in [1.165, 1.54) is 0 Å². The average Bonchev–Trinajstić information content (AvgIpc) is 2.06. The average molecular weight is 186 g/mol. The third-order valence-corrected chi connectivity index (χ3v) is 2.97. The van der Waals surface area contributed by atoms with Crippen LogP contribution in [0.5, 0.6) is 0 Å². The number of rotatable bonds is 3. The van der Waals surface area contributed by atoms with Gasteiger partial charge < -0.3 is 0 Å². The fourth-order valence-corrected chi connectivity index (χ4v) is 1.16. The highest BCUT2D eigenvalue weighted by atomic mass is 35.5. The highest BCUT2D eigenvalue weighted by Gasteiger charge is 2.22. The van der Waals surface area contributed by atoms with E-state index in [0.717, 1.165) is 17.9 Å². The number of hydrogen-bond donors (Lipinski definition) is 0. The summed E-state index contributed by atoms with van der Waals surface area (Å²) in [5, 5.41) is 9.48. The van der Waals surface area contributed by atoms with Crippen molar-refractivity contribution in [3.8, 4) is 6.07 Å². The lowest BCUT2D eigenvalue weighted by Gasteiger charge is -2.22. The lowest BCUT2D eigenvalue weighted by atomic mass is 9.87. The smallest absolute Gasteiger partial charge is 0.0959 e. The van der Waals surface area contributed by atoms with E-state index in [-0.39, 0.29) is 5.41 Å². The predicted octanol–water partition coefficient (Wildman–Crippen LogP) is 3.85. The van der Waals surface area contributed by atoms with Crippen LogP contribution in [0, 0.1) is 16.7 Å². The van der Waals surface area contributed by atoms with Crippen LogP contribution in [0.3, 0.4) is 0 Å². The summed E-state index contributed by atoms with van der Waals surface area (Å²) < 4.78 is 0. The summed E-state index contributed by atoms with van der Waals surface area (Å²) in [6.45, 7) is 8.14. The molecule has 0 spiro atoms. The van der Waals surface area contributed by atoms with Crippen molar-refractivity contribution in [3.05, 3.63) is 10.6 Å². The lowest BCUT2D eigenvalue weighted by molar-refractivity contribution is 0.447. The van der Waals surface area contributed by atoms with Crippen molar-refractivity contribution in [2.24, 2.45) is 5.41 Å². The molecule has 12 heavy (non-hydrogen) atoms. The van der Waals surface area contributed by atoms with Crippen molar-refractivity contribution in [1.82, 2.24) is 0 Å². The van der Waals surface area contributed by atoms with Crippen LogP contribution < -0.4 is 0 Å². The molecule has 0 aliphatic heterocycles. The molecule has 0 N–H and O–H groups in total. The molecule has 0 saturated heterocycles. The summed E-state index contributed by atoms with van der Waals surface area (Å²) in [4.78, 5) is 0. The topological polar surface area (TPSA) is 23.8 Å². The van der Waals surface area contributed by atoms with Crippen molar-refractivity contribution < 1.29 is 0 Å². The van der Waals surface area contributed by atoms with E-state index in [1.54, 1.807) is 0 Å². The van der Waals surface area contributed by atoms with Gasteiger partial charge in [-0.2, -0.15) is 5.26 Å². The third-order valence-electron chi connectivity index (χ3n) is 2.23. The van der Waals surface area contributed by atoms with Gasteiger partial charge >= 0.3 is 0 Å². The molecule has 0 aromatic rings. The normalized spacial score (nSPS) is 13.7. The Balaban J connectivity index is 4.89. The van der Waals surface area contributed by atoms with Crippen LogP contribution in [0.2, 0.25) is 0 Å². The zero-order valence-electron chi connectivity index (χ0n) is 8.24. The molecule has 0 aromatic heterocycles. The van der Waals surface area contributed by atoms with E-state index < -0.39 is 0 Å². The quantitative estimate of drug-likeness (QED) is 0.613. The second-order valence-corrected chi connectivity index (χ2v) is 3.87. The first-order valence-electron chi connectivity index (χ1n) is 4.28. The molecule has 0 amide bonds. The van der Waals surface area contributed by atoms with Gasteiger partial charge in [-0.05, 0) is 12.8 Å². The van der Waals surface area contributed by atoms with E-state index in [9.17, 15) is 0 Å². The molecule has 0 heterocycles. The molecule has 0 atom stereocenters. The standard InChI is InChI=1S/C10H16ClN/c1-5-8(7-12)9(11)10(3,4)6-2/h5-6H2,1-4H3. The zero-order valence-corrected chi connectivity index (χ0v) is 9.00. The van der Waals surface area contributed by atoms with Crippen molar-refractivity contribution in [3.63, 3.8) is 0 Å². The van der Waals surface area contributed by atoms with Crippen LogP contribution in [0.4, 0.5) is 0 Å². The Bertz CT molecular complexity index is 220. The van der Waals surface area contributed by atoms with Gasteiger partial charge in [0.1, 0.15) is 0 Å². The number of allylic oxidation sites excluding steroid dienone is 2. The molecule has 1 nitrogen and oxygen atoms in total. The third kappa shape index (κ3) is 2.53. The Labute approximate surface area is 80.0 Å². The Hall–Kier alpha value is -0.480. The van der Waals surface area contributed by atoms with Crippen molar-refractivity contribution in [2.45, 2.75) is 40.5 Å². The van der Waals surface area contributed by atoms with Crippen LogP contribution in [0.25, 0.3) is 0 Å². The van der Waals surface area contributed by atoms with Crippen LogP contribution in [-0.4, -0.2) is 0 Å². The van der Waals surface area contributed by atoms with Crippen molar-refractivity contribution in [2.75, 3.05) is 0 Å². The Morgan fingerprint density at radius 3 is 2.17 bits per heavy atom. The van der Waals surface area contributed by atoms with Gasteiger partial charge in [0.25, 0.3) is 0 Å². The van der Waals surface area contributed by atoms with Gasteiger partial charge in [-0.3, -0.25) is 0 Å². The zero-order chi connectivity index (χ0) is 9.78. The Kier molecular flexibility index (Phi) is 4.34. The first-order valence-corrected chi connectivity index (χ1v) is 4.66. The second-order valence-electron chi connectivity index (χ2n) is 3.50. The maximum Gasteiger partial charge on any atom is 0.0959 e. The maximum atomic E-state index is 8.76. The van der Waals surface area contributed by atoms with Crippen LogP contribution in [0.1, 0.15) is 40.5 Å². The van der Waals surface area contributed by atoms with Crippen molar-refractivity contribution in [1.29, 1.82) is 5.26 Å². The SMILES string of the molecule is CCC(C#N)=C(Cl)C(C)(C)CC. The van der Waals surface area contributed by atoms with Gasteiger partial charge in [0.15, 0.2) is 0 Å². The van der Waals surface area contributed by atoms with Crippen LogP contribution in [-0.2, 0) is 0 Å². The van der Waals surface area contributed by atoms with Gasteiger partial charge in [-0.15, -0.1) is 0 Å². The summed E-state index contributed by atoms with van der Waals surface area (Å²) in [6.07, 6.45) is 1.68. The van der Waals surface area contributed by atoms with E-state index in [0.29, 0.717) is 5.57 Å². The highest BCUT2D eigenvalue weighted by molar-refractivity contribution is 6.30. The van der Waals surface area contributed by atoms with Crippen LogP contribution >= 0.6 is 11.6 Å². The summed E-state index contributed by atoms with van der Waals surface area (Å²) in [5.74, 6) is 0. The largest absolute Gasteiger partial charge is 0.193 e. The fraction of sp³-hybridized carbons (Fsp3) is 0.700. The van der Waals surface area contributed by atoms with Crippen LogP contribution in [0.15, 0.2) is 10.6 Å². The van der Waals surface area contributed by atoms with Gasteiger partial charge in [0.2, 0.25) is 0 Å².